The van der Waals surface area contributed by atoms with E-state index in [1.165, 1.54) is 0 Å². The number of carbonyl (C=O) groups is 2. The standard InChI is InChI=1S/C20H26N2O4/c1-3-9-20(19(25)26)13-22(10-8-17(20)23)18(24)11-14-12-21(2)16-7-5-4-6-15(14)16/h4-7,12,17,23H,3,8-11,13H2,1-2H3,(H,25,26)/t17-,20+/m0/s1. The molecule has 0 saturated carbocycles. The maximum Gasteiger partial charge on any atom is 0.314 e. The van der Waals surface area contributed by atoms with E-state index in [0.29, 0.717) is 25.8 Å². The van der Waals surface area contributed by atoms with Gasteiger partial charge in [-0.15, -0.1) is 0 Å². The summed E-state index contributed by atoms with van der Waals surface area (Å²) in [7, 11) is 1.95. The second-order valence-corrected chi connectivity index (χ2v) is 7.29. The molecule has 0 radical (unpaired) electrons. The Morgan fingerprint density at radius 1 is 1.31 bits per heavy atom. The fourth-order valence-corrected chi connectivity index (χ4v) is 4.14. The van der Waals surface area contributed by atoms with E-state index in [1.807, 2.05) is 49.0 Å². The number of carboxylic acids is 1. The number of amides is 1. The molecule has 1 aliphatic rings. The number of aromatic nitrogens is 1. The lowest BCUT2D eigenvalue weighted by Gasteiger charge is -2.43. The summed E-state index contributed by atoms with van der Waals surface area (Å²) in [5.41, 5.74) is 0.743. The van der Waals surface area contributed by atoms with Gasteiger partial charge in [-0.1, -0.05) is 31.5 Å². The number of fused-ring (bicyclic) bond motifs is 1. The lowest BCUT2D eigenvalue weighted by atomic mass is 9.74. The summed E-state index contributed by atoms with van der Waals surface area (Å²) in [5.74, 6) is -1.11. The van der Waals surface area contributed by atoms with Crippen LogP contribution >= 0.6 is 0 Å². The number of rotatable bonds is 5. The first-order valence-electron chi connectivity index (χ1n) is 9.11. The molecule has 0 unspecified atom stereocenters. The second-order valence-electron chi connectivity index (χ2n) is 7.29. The summed E-state index contributed by atoms with van der Waals surface area (Å²) in [5, 5.41) is 21.1. The average molecular weight is 358 g/mol. The zero-order chi connectivity index (χ0) is 18.9. The van der Waals surface area contributed by atoms with Crippen LogP contribution in [0, 0.1) is 5.41 Å². The zero-order valence-electron chi connectivity index (χ0n) is 15.3. The number of carbonyl (C=O) groups excluding carboxylic acids is 1. The molecular formula is C20H26N2O4. The third kappa shape index (κ3) is 3.09. The largest absolute Gasteiger partial charge is 0.481 e. The summed E-state index contributed by atoms with van der Waals surface area (Å²) in [6.45, 7) is 2.36. The van der Waals surface area contributed by atoms with Gasteiger partial charge >= 0.3 is 5.97 Å². The van der Waals surface area contributed by atoms with Crippen LogP contribution in [-0.2, 0) is 23.1 Å². The molecule has 0 bridgehead atoms. The quantitative estimate of drug-likeness (QED) is 0.858. The Kier molecular flexibility index (Phi) is 5.05. The summed E-state index contributed by atoms with van der Waals surface area (Å²) in [6, 6.07) is 7.92. The van der Waals surface area contributed by atoms with Gasteiger partial charge in [-0.3, -0.25) is 9.59 Å². The first-order valence-corrected chi connectivity index (χ1v) is 9.11. The highest BCUT2D eigenvalue weighted by atomic mass is 16.4. The van der Waals surface area contributed by atoms with Gasteiger partial charge in [-0.2, -0.15) is 0 Å². The third-order valence-corrected chi connectivity index (χ3v) is 5.58. The molecular weight excluding hydrogens is 332 g/mol. The highest BCUT2D eigenvalue weighted by Crippen LogP contribution is 2.36. The highest BCUT2D eigenvalue weighted by Gasteiger charge is 2.49. The number of aliphatic carboxylic acids is 1. The van der Waals surface area contributed by atoms with Crippen molar-refractivity contribution in [1.29, 1.82) is 0 Å². The van der Waals surface area contributed by atoms with Crippen molar-refractivity contribution in [3.05, 3.63) is 36.0 Å². The molecule has 1 aliphatic heterocycles. The average Bonchev–Trinajstić information content (AvgIpc) is 2.93. The van der Waals surface area contributed by atoms with Gasteiger partial charge in [0.15, 0.2) is 0 Å². The van der Waals surface area contributed by atoms with Gasteiger partial charge in [0.2, 0.25) is 5.91 Å². The highest BCUT2D eigenvalue weighted by molar-refractivity contribution is 5.89. The molecule has 2 N–H and O–H groups in total. The van der Waals surface area contributed by atoms with Crippen molar-refractivity contribution in [2.45, 2.75) is 38.7 Å². The number of para-hydroxylation sites is 1. The smallest absolute Gasteiger partial charge is 0.314 e. The van der Waals surface area contributed by atoms with Crippen LogP contribution in [0.25, 0.3) is 10.9 Å². The topological polar surface area (TPSA) is 82.8 Å². The monoisotopic (exact) mass is 358 g/mol. The number of carboxylic acid groups (broad SMARTS) is 1. The SMILES string of the molecule is CCC[C@@]1(C(=O)O)CN(C(=O)Cc2cn(C)c3ccccc23)CC[C@@H]1O. The Hall–Kier alpha value is -2.34. The van der Waals surface area contributed by atoms with Gasteiger partial charge in [0.1, 0.15) is 5.41 Å². The van der Waals surface area contributed by atoms with Crippen LogP contribution in [0.15, 0.2) is 30.5 Å². The number of piperidine rings is 1. The molecule has 0 aliphatic carbocycles. The van der Waals surface area contributed by atoms with Crippen molar-refractivity contribution in [3.8, 4) is 0 Å². The number of aliphatic hydroxyl groups is 1. The van der Waals surface area contributed by atoms with Gasteiger partial charge < -0.3 is 19.7 Å². The molecule has 6 heteroatoms. The number of aliphatic hydroxyl groups excluding tert-OH is 1. The van der Waals surface area contributed by atoms with Gasteiger partial charge in [-0.25, -0.2) is 0 Å². The molecule has 1 amide bonds. The molecule has 1 saturated heterocycles. The van der Waals surface area contributed by atoms with Crippen LogP contribution in [0.5, 0.6) is 0 Å². The Labute approximate surface area is 153 Å². The lowest BCUT2D eigenvalue weighted by Crippen LogP contribution is -2.57. The molecule has 3 rings (SSSR count). The molecule has 2 atom stereocenters. The number of benzene rings is 1. The Morgan fingerprint density at radius 2 is 2.04 bits per heavy atom. The minimum Gasteiger partial charge on any atom is -0.481 e. The molecule has 6 nitrogen and oxygen atoms in total. The van der Waals surface area contributed by atoms with Crippen molar-refractivity contribution in [2.75, 3.05) is 13.1 Å². The van der Waals surface area contributed by atoms with Crippen molar-refractivity contribution < 1.29 is 19.8 Å². The predicted molar refractivity (Wildman–Crippen MR) is 98.8 cm³/mol. The zero-order valence-corrected chi connectivity index (χ0v) is 15.3. The molecule has 26 heavy (non-hydrogen) atoms. The minimum atomic E-state index is -1.26. The number of aryl methyl sites for hydroxylation is 1. The van der Waals surface area contributed by atoms with Gasteiger partial charge in [0.05, 0.1) is 12.5 Å². The molecule has 2 heterocycles. The van der Waals surface area contributed by atoms with Crippen LogP contribution in [0.3, 0.4) is 0 Å². The second kappa shape index (κ2) is 7.11. The maximum atomic E-state index is 12.9. The van der Waals surface area contributed by atoms with Crippen LogP contribution in [0.4, 0.5) is 0 Å². The van der Waals surface area contributed by atoms with Crippen LogP contribution in [0.2, 0.25) is 0 Å². The van der Waals surface area contributed by atoms with Gasteiger partial charge in [0.25, 0.3) is 0 Å². The van der Waals surface area contributed by atoms with Crippen LogP contribution in [-0.4, -0.2) is 50.8 Å². The van der Waals surface area contributed by atoms with E-state index in [2.05, 4.69) is 0 Å². The van der Waals surface area contributed by atoms with Crippen LogP contribution in [0.1, 0.15) is 31.7 Å². The van der Waals surface area contributed by atoms with E-state index in [0.717, 1.165) is 16.5 Å². The Balaban J connectivity index is 1.82. The van der Waals surface area contributed by atoms with Crippen molar-refractivity contribution >= 4 is 22.8 Å². The summed E-state index contributed by atoms with van der Waals surface area (Å²) < 4.78 is 2.00. The summed E-state index contributed by atoms with van der Waals surface area (Å²) >= 11 is 0. The third-order valence-electron chi connectivity index (χ3n) is 5.58. The molecule has 1 fully saturated rings. The molecule has 140 valence electrons. The first-order chi connectivity index (χ1) is 12.4. The molecule has 1 aromatic heterocycles. The first kappa shape index (κ1) is 18.5. The Bertz CT molecular complexity index is 828. The molecule has 2 aromatic rings. The van der Waals surface area contributed by atoms with E-state index < -0.39 is 17.5 Å². The van der Waals surface area contributed by atoms with E-state index in [1.54, 1.807) is 4.90 Å². The number of hydrogen-bond donors (Lipinski definition) is 2. The number of nitrogens with zero attached hydrogens (tertiary/aromatic N) is 2. The summed E-state index contributed by atoms with van der Waals surface area (Å²) in [4.78, 5) is 26.4. The minimum absolute atomic E-state index is 0.0704. The van der Waals surface area contributed by atoms with Crippen LogP contribution < -0.4 is 0 Å². The van der Waals surface area contributed by atoms with Gasteiger partial charge in [-0.05, 0) is 24.5 Å². The fourth-order valence-electron chi connectivity index (χ4n) is 4.14. The lowest BCUT2D eigenvalue weighted by molar-refractivity contribution is -0.166. The number of likely N-dealkylation sites (tertiary alicyclic amines) is 1. The van der Waals surface area contributed by atoms with E-state index in [9.17, 15) is 19.8 Å². The van der Waals surface area contributed by atoms with Crippen molar-refractivity contribution in [1.82, 2.24) is 9.47 Å². The maximum absolute atomic E-state index is 12.9. The fraction of sp³-hybridized carbons (Fsp3) is 0.500. The van der Waals surface area contributed by atoms with Crippen molar-refractivity contribution in [3.63, 3.8) is 0 Å². The molecule has 0 spiro atoms. The Morgan fingerprint density at radius 3 is 2.73 bits per heavy atom. The number of hydrogen-bond acceptors (Lipinski definition) is 3. The van der Waals surface area contributed by atoms with Gasteiger partial charge in [0, 0.05) is 37.2 Å². The molecule has 1 aromatic carbocycles. The van der Waals surface area contributed by atoms with E-state index in [4.69, 9.17) is 0 Å². The van der Waals surface area contributed by atoms with Crippen molar-refractivity contribution in [2.24, 2.45) is 12.5 Å². The van der Waals surface area contributed by atoms with E-state index in [-0.39, 0.29) is 18.9 Å². The normalized spacial score (nSPS) is 23.3. The van der Waals surface area contributed by atoms with E-state index >= 15 is 0 Å². The predicted octanol–water partition coefficient (Wildman–Crippen LogP) is 2.19. The summed E-state index contributed by atoms with van der Waals surface area (Å²) in [6.07, 6.45) is 2.59.